The van der Waals surface area contributed by atoms with Crippen LogP contribution in [-0.2, 0) is 5.75 Å². The summed E-state index contributed by atoms with van der Waals surface area (Å²) in [4.78, 5) is 30.9. The molecule has 0 unspecified atom stereocenters. The Labute approximate surface area is 230 Å². The number of fused-ring (bicyclic) bond motifs is 1. The summed E-state index contributed by atoms with van der Waals surface area (Å²) in [5, 5.41) is 4.42. The van der Waals surface area contributed by atoms with Crippen molar-refractivity contribution in [3.63, 3.8) is 0 Å². The molecule has 0 aliphatic rings. The molecule has 0 saturated heterocycles. The topological polar surface area (TPSA) is 90.0 Å². The maximum atomic E-state index is 13.5. The molecule has 1 heterocycles. The smallest absolute Gasteiger partial charge is 0.266 e. The number of hydrogen-bond donors (Lipinski definition) is 2. The number of nitrogens with two attached hydrogens (primary N) is 1. The van der Waals surface area contributed by atoms with Crippen LogP contribution < -0.4 is 16.6 Å². The number of anilines is 2. The van der Waals surface area contributed by atoms with Crippen molar-refractivity contribution in [2.45, 2.75) is 10.9 Å². The van der Waals surface area contributed by atoms with E-state index in [9.17, 15) is 9.59 Å². The Balaban J connectivity index is 1.41. The molecule has 5 rings (SSSR count). The van der Waals surface area contributed by atoms with Crippen molar-refractivity contribution in [3.05, 3.63) is 122 Å². The zero-order chi connectivity index (χ0) is 25.9. The molecule has 1 aromatic heterocycles. The van der Waals surface area contributed by atoms with E-state index in [4.69, 9.17) is 22.3 Å². The molecule has 0 aliphatic heterocycles. The lowest BCUT2D eigenvalue weighted by molar-refractivity contribution is 0.102. The predicted molar refractivity (Wildman–Crippen MR) is 155 cm³/mol. The van der Waals surface area contributed by atoms with Crippen LogP contribution in [0.2, 0.25) is 5.02 Å². The Bertz CT molecular complexity index is 1690. The quantitative estimate of drug-likeness (QED) is 0.127. The fourth-order valence-electron chi connectivity index (χ4n) is 3.78. The molecule has 0 fully saturated rings. The number of benzene rings is 4. The van der Waals surface area contributed by atoms with Crippen molar-refractivity contribution in [1.29, 1.82) is 0 Å². The third-order valence-electron chi connectivity index (χ3n) is 5.66. The first-order chi connectivity index (χ1) is 17.9. The lowest BCUT2D eigenvalue weighted by atomic mass is 10.1. The van der Waals surface area contributed by atoms with E-state index in [0.29, 0.717) is 49.5 Å². The second-order valence-corrected chi connectivity index (χ2v) is 10.5. The molecule has 4 aromatic carbocycles. The third-order valence-corrected chi connectivity index (χ3v) is 7.40. The summed E-state index contributed by atoms with van der Waals surface area (Å²) in [5.74, 6) is 0.300. The van der Waals surface area contributed by atoms with Crippen molar-refractivity contribution in [1.82, 2.24) is 9.55 Å². The van der Waals surface area contributed by atoms with Gasteiger partial charge in [0.25, 0.3) is 11.5 Å². The van der Waals surface area contributed by atoms with Gasteiger partial charge in [0.2, 0.25) is 0 Å². The Hall–Kier alpha value is -3.59. The van der Waals surface area contributed by atoms with E-state index in [1.165, 1.54) is 11.8 Å². The van der Waals surface area contributed by atoms with Gasteiger partial charge >= 0.3 is 0 Å². The Kier molecular flexibility index (Phi) is 7.32. The molecular weight excluding hydrogens is 572 g/mol. The highest BCUT2D eigenvalue weighted by molar-refractivity contribution is 9.10. The summed E-state index contributed by atoms with van der Waals surface area (Å²) in [5.41, 5.74) is 9.56. The minimum Gasteiger partial charge on any atom is -0.397 e. The van der Waals surface area contributed by atoms with Gasteiger partial charge < -0.3 is 11.1 Å². The van der Waals surface area contributed by atoms with Gasteiger partial charge in [0.05, 0.1) is 28.0 Å². The molecule has 0 bridgehead atoms. The van der Waals surface area contributed by atoms with Crippen LogP contribution in [0.3, 0.4) is 0 Å². The van der Waals surface area contributed by atoms with E-state index in [-0.39, 0.29) is 11.5 Å². The predicted octanol–water partition coefficient (Wildman–Crippen LogP) is 6.93. The number of nitrogens with zero attached hydrogens (tertiary/aromatic N) is 2. The molecular formula is C28H20BrClN4O2S. The van der Waals surface area contributed by atoms with Gasteiger partial charge in [-0.1, -0.05) is 69.6 Å². The van der Waals surface area contributed by atoms with Gasteiger partial charge in [-0.05, 0) is 66.2 Å². The van der Waals surface area contributed by atoms with Crippen molar-refractivity contribution in [3.8, 4) is 5.69 Å². The molecule has 3 N–H and O–H groups in total. The van der Waals surface area contributed by atoms with E-state index in [1.54, 1.807) is 53.1 Å². The van der Waals surface area contributed by atoms with Crippen LogP contribution in [0.25, 0.3) is 16.6 Å². The molecule has 5 aromatic rings. The monoisotopic (exact) mass is 590 g/mol. The van der Waals surface area contributed by atoms with E-state index in [1.807, 2.05) is 42.5 Å². The molecule has 0 spiro atoms. The summed E-state index contributed by atoms with van der Waals surface area (Å²) < 4.78 is 2.42. The van der Waals surface area contributed by atoms with Crippen LogP contribution in [0.1, 0.15) is 15.9 Å². The van der Waals surface area contributed by atoms with Crippen LogP contribution in [0, 0.1) is 0 Å². The van der Waals surface area contributed by atoms with Crippen LogP contribution in [0.4, 0.5) is 11.4 Å². The van der Waals surface area contributed by atoms with Gasteiger partial charge in [0, 0.05) is 20.8 Å². The fourth-order valence-corrected chi connectivity index (χ4v) is 5.29. The number of halogens is 2. The number of nitrogens with one attached hydrogen (secondary N) is 1. The minimum atomic E-state index is -0.242. The minimum absolute atomic E-state index is 0.172. The second-order valence-electron chi connectivity index (χ2n) is 8.20. The first kappa shape index (κ1) is 25.1. The van der Waals surface area contributed by atoms with Gasteiger partial charge in [-0.2, -0.15) is 0 Å². The summed E-state index contributed by atoms with van der Waals surface area (Å²) >= 11 is 11.1. The molecule has 37 heavy (non-hydrogen) atoms. The molecule has 184 valence electrons. The van der Waals surface area contributed by atoms with Gasteiger partial charge in [0.1, 0.15) is 0 Å². The first-order valence-corrected chi connectivity index (χ1v) is 13.4. The van der Waals surface area contributed by atoms with Crippen LogP contribution in [0.15, 0.2) is 105 Å². The number of para-hydroxylation sites is 2. The highest BCUT2D eigenvalue weighted by atomic mass is 79.9. The van der Waals surface area contributed by atoms with Crippen LogP contribution in [-0.4, -0.2) is 15.5 Å². The van der Waals surface area contributed by atoms with Gasteiger partial charge in [-0.15, -0.1) is 0 Å². The number of rotatable bonds is 6. The number of thioether (sulfide) groups is 1. The Morgan fingerprint density at radius 3 is 2.54 bits per heavy atom. The summed E-state index contributed by atoms with van der Waals surface area (Å²) in [6.07, 6.45) is 0. The highest BCUT2D eigenvalue weighted by Crippen LogP contribution is 2.27. The Morgan fingerprint density at radius 1 is 1.00 bits per heavy atom. The summed E-state index contributed by atoms with van der Waals surface area (Å²) in [7, 11) is 0. The van der Waals surface area contributed by atoms with Crippen molar-refractivity contribution in [2.75, 3.05) is 11.1 Å². The lowest BCUT2D eigenvalue weighted by Gasteiger charge is -2.14. The van der Waals surface area contributed by atoms with Gasteiger partial charge in [-0.3, -0.25) is 14.2 Å². The first-order valence-electron chi connectivity index (χ1n) is 11.2. The highest BCUT2D eigenvalue weighted by Gasteiger charge is 2.15. The van der Waals surface area contributed by atoms with E-state index in [0.717, 1.165) is 10.0 Å². The van der Waals surface area contributed by atoms with E-state index in [2.05, 4.69) is 21.2 Å². The largest absolute Gasteiger partial charge is 0.397 e. The number of aromatic nitrogens is 2. The fraction of sp³-hybridized carbons (Fsp3) is 0.0357. The maximum absolute atomic E-state index is 13.5. The average molecular weight is 592 g/mol. The molecule has 0 radical (unpaired) electrons. The second kappa shape index (κ2) is 10.8. The standard InChI is InChI=1S/C28H20BrClN4O2S/c29-19-12-13-22-25(14-19)33-28(34(27(22)36)21-5-3-4-20(30)15-21)37-16-17-8-10-18(11-9-17)26(35)32-24-7-2-1-6-23(24)31/h1-15H,16,31H2,(H,32,35). The maximum Gasteiger partial charge on any atom is 0.266 e. The van der Waals surface area contributed by atoms with E-state index < -0.39 is 0 Å². The zero-order valence-corrected chi connectivity index (χ0v) is 22.5. The molecule has 6 nitrogen and oxygen atoms in total. The Morgan fingerprint density at radius 2 is 1.78 bits per heavy atom. The third kappa shape index (κ3) is 5.56. The van der Waals surface area contributed by atoms with Crippen molar-refractivity contribution in [2.24, 2.45) is 0 Å². The van der Waals surface area contributed by atoms with Crippen LogP contribution in [0.5, 0.6) is 0 Å². The number of carbonyl (C=O) groups excluding carboxylic acids is 1. The number of amides is 1. The molecule has 0 saturated carbocycles. The summed E-state index contributed by atoms with van der Waals surface area (Å²) in [6.45, 7) is 0. The normalized spacial score (nSPS) is 11.0. The average Bonchev–Trinajstić information content (AvgIpc) is 2.89. The molecule has 0 atom stereocenters. The van der Waals surface area contributed by atoms with Crippen LogP contribution >= 0.6 is 39.3 Å². The number of nitrogen functional groups attached to an aromatic ring is 1. The SMILES string of the molecule is Nc1ccccc1NC(=O)c1ccc(CSc2nc3cc(Br)ccc3c(=O)n2-c2cccc(Cl)c2)cc1. The van der Waals surface area contributed by atoms with Crippen molar-refractivity contribution >= 4 is 67.5 Å². The molecule has 9 heteroatoms. The van der Waals surface area contributed by atoms with E-state index >= 15 is 0 Å². The van der Waals surface area contributed by atoms with Gasteiger partial charge in [0.15, 0.2) is 5.16 Å². The number of hydrogen-bond acceptors (Lipinski definition) is 5. The van der Waals surface area contributed by atoms with Gasteiger partial charge in [-0.25, -0.2) is 4.98 Å². The number of carbonyl (C=O) groups is 1. The zero-order valence-electron chi connectivity index (χ0n) is 19.3. The van der Waals surface area contributed by atoms with Crippen molar-refractivity contribution < 1.29 is 4.79 Å². The lowest BCUT2D eigenvalue weighted by Crippen LogP contribution is -2.21. The summed E-state index contributed by atoms with van der Waals surface area (Å²) in [6, 6.07) is 27.0. The molecule has 1 amide bonds. The molecule has 0 aliphatic carbocycles.